The Morgan fingerprint density at radius 3 is 3.05 bits per heavy atom. The quantitative estimate of drug-likeness (QED) is 0.811. The van der Waals surface area contributed by atoms with Crippen LogP contribution in [-0.4, -0.2) is 51.1 Å². The number of aryl methyl sites for hydroxylation is 1. The van der Waals surface area contributed by atoms with E-state index in [0.29, 0.717) is 32.5 Å². The highest BCUT2D eigenvalue weighted by atomic mass is 16.2. The van der Waals surface area contributed by atoms with Crippen LogP contribution in [-0.2, 0) is 29.0 Å². The Balaban J connectivity index is 1.47. The van der Waals surface area contributed by atoms with E-state index in [9.17, 15) is 9.59 Å². The van der Waals surface area contributed by atoms with Gasteiger partial charge < -0.3 is 14.8 Å². The summed E-state index contributed by atoms with van der Waals surface area (Å²) in [5, 5.41) is 11.2. The van der Waals surface area contributed by atoms with Gasteiger partial charge in [-0.3, -0.25) is 9.59 Å². The molecule has 1 saturated heterocycles. The van der Waals surface area contributed by atoms with Crippen LogP contribution in [0.2, 0.25) is 0 Å². The summed E-state index contributed by atoms with van der Waals surface area (Å²) < 4.78 is 2.14. The van der Waals surface area contributed by atoms with Crippen molar-refractivity contribution in [3.63, 3.8) is 0 Å². The highest BCUT2D eigenvalue weighted by molar-refractivity contribution is 5.89. The first-order valence-corrected chi connectivity index (χ1v) is 7.65. The summed E-state index contributed by atoms with van der Waals surface area (Å²) in [6.07, 6.45) is 3.15. The minimum absolute atomic E-state index is 0.0274. The molecule has 1 unspecified atom stereocenters. The number of rotatable bonds is 5. The molecule has 0 aromatic carbocycles. The third kappa shape index (κ3) is 2.77. The predicted molar refractivity (Wildman–Crippen MR) is 75.4 cm³/mol. The standard InChI is InChI=1S/C14H21N5O2/c1-2-18-9-10(8-13(18)20)14(21)15-6-5-12-17-16-11-4-3-7-19(11)12/h10H,2-9H2,1H3,(H,15,21). The van der Waals surface area contributed by atoms with E-state index in [4.69, 9.17) is 0 Å². The van der Waals surface area contributed by atoms with Crippen molar-refractivity contribution in [1.29, 1.82) is 0 Å². The fraction of sp³-hybridized carbons (Fsp3) is 0.714. The summed E-state index contributed by atoms with van der Waals surface area (Å²) in [6.45, 7) is 4.68. The predicted octanol–water partition coefficient (Wildman–Crippen LogP) is -0.249. The van der Waals surface area contributed by atoms with E-state index in [1.165, 1.54) is 0 Å². The largest absolute Gasteiger partial charge is 0.355 e. The van der Waals surface area contributed by atoms with Gasteiger partial charge in [-0.1, -0.05) is 0 Å². The van der Waals surface area contributed by atoms with Gasteiger partial charge in [0.05, 0.1) is 5.92 Å². The van der Waals surface area contributed by atoms with E-state index in [1.54, 1.807) is 4.90 Å². The summed E-state index contributed by atoms with van der Waals surface area (Å²) in [5.41, 5.74) is 0. The van der Waals surface area contributed by atoms with Crippen LogP contribution in [0.5, 0.6) is 0 Å². The first-order chi connectivity index (χ1) is 10.2. The molecule has 2 amide bonds. The summed E-state index contributed by atoms with van der Waals surface area (Å²) >= 11 is 0. The first-order valence-electron chi connectivity index (χ1n) is 7.65. The molecular formula is C14H21N5O2. The van der Waals surface area contributed by atoms with Crippen molar-refractivity contribution in [3.8, 4) is 0 Å². The second-order valence-electron chi connectivity index (χ2n) is 5.66. The summed E-state index contributed by atoms with van der Waals surface area (Å²) in [4.78, 5) is 25.4. The molecule has 2 aliphatic heterocycles. The van der Waals surface area contributed by atoms with Crippen LogP contribution in [0.4, 0.5) is 0 Å². The van der Waals surface area contributed by atoms with E-state index in [-0.39, 0.29) is 17.7 Å². The fourth-order valence-corrected chi connectivity index (χ4v) is 3.09. The number of likely N-dealkylation sites (tertiary alicyclic amines) is 1. The van der Waals surface area contributed by atoms with Crippen LogP contribution in [0.15, 0.2) is 0 Å². The average Bonchev–Trinajstić information content (AvgIpc) is 3.15. The number of nitrogens with one attached hydrogen (secondary N) is 1. The Morgan fingerprint density at radius 2 is 2.29 bits per heavy atom. The van der Waals surface area contributed by atoms with Crippen LogP contribution in [0.1, 0.15) is 31.4 Å². The Kier molecular flexibility index (Phi) is 3.90. The van der Waals surface area contributed by atoms with E-state index in [2.05, 4.69) is 20.1 Å². The van der Waals surface area contributed by atoms with Gasteiger partial charge in [-0.2, -0.15) is 0 Å². The maximum Gasteiger partial charge on any atom is 0.225 e. The van der Waals surface area contributed by atoms with Crippen molar-refractivity contribution in [2.45, 2.75) is 39.2 Å². The summed E-state index contributed by atoms with van der Waals surface area (Å²) in [7, 11) is 0. The number of nitrogens with zero attached hydrogens (tertiary/aromatic N) is 4. The maximum atomic E-state index is 12.1. The molecule has 1 aromatic heterocycles. The van der Waals surface area contributed by atoms with E-state index in [1.807, 2.05) is 6.92 Å². The zero-order valence-electron chi connectivity index (χ0n) is 12.3. The molecule has 1 N–H and O–H groups in total. The molecule has 0 saturated carbocycles. The molecule has 0 spiro atoms. The third-order valence-corrected chi connectivity index (χ3v) is 4.30. The SMILES string of the molecule is CCN1CC(C(=O)NCCc2nnc3n2CCC3)CC1=O. The van der Waals surface area contributed by atoms with Crippen molar-refractivity contribution < 1.29 is 9.59 Å². The average molecular weight is 291 g/mol. The van der Waals surface area contributed by atoms with Gasteiger partial charge in [0.1, 0.15) is 11.6 Å². The van der Waals surface area contributed by atoms with Gasteiger partial charge in [0.25, 0.3) is 0 Å². The van der Waals surface area contributed by atoms with Gasteiger partial charge in [-0.25, -0.2) is 0 Å². The molecule has 1 fully saturated rings. The molecule has 1 atom stereocenters. The molecule has 1 aromatic rings. The Bertz CT molecular complexity index is 554. The minimum Gasteiger partial charge on any atom is -0.355 e. The van der Waals surface area contributed by atoms with Gasteiger partial charge in [0.15, 0.2) is 0 Å². The maximum absolute atomic E-state index is 12.1. The first kappa shape index (κ1) is 14.0. The monoisotopic (exact) mass is 291 g/mol. The van der Waals surface area contributed by atoms with Crippen molar-refractivity contribution in [3.05, 3.63) is 11.6 Å². The molecule has 7 nitrogen and oxygen atoms in total. The van der Waals surface area contributed by atoms with Crippen LogP contribution in [0, 0.1) is 5.92 Å². The molecular weight excluding hydrogens is 270 g/mol. The molecule has 3 rings (SSSR count). The van der Waals surface area contributed by atoms with Gasteiger partial charge in [0.2, 0.25) is 11.8 Å². The van der Waals surface area contributed by atoms with Gasteiger partial charge in [-0.15, -0.1) is 10.2 Å². The zero-order chi connectivity index (χ0) is 14.8. The number of carbonyl (C=O) groups is 2. The second-order valence-corrected chi connectivity index (χ2v) is 5.66. The number of amides is 2. The number of aromatic nitrogens is 3. The molecule has 114 valence electrons. The van der Waals surface area contributed by atoms with Crippen molar-refractivity contribution in [2.75, 3.05) is 19.6 Å². The van der Waals surface area contributed by atoms with Crippen LogP contribution in [0.3, 0.4) is 0 Å². The summed E-state index contributed by atoms with van der Waals surface area (Å²) in [6, 6.07) is 0. The van der Waals surface area contributed by atoms with Crippen LogP contribution < -0.4 is 5.32 Å². The topological polar surface area (TPSA) is 80.1 Å². The lowest BCUT2D eigenvalue weighted by Gasteiger charge is -2.13. The highest BCUT2D eigenvalue weighted by Gasteiger charge is 2.33. The van der Waals surface area contributed by atoms with Crippen LogP contribution >= 0.6 is 0 Å². The molecule has 0 radical (unpaired) electrons. The zero-order valence-corrected chi connectivity index (χ0v) is 12.3. The number of hydrogen-bond acceptors (Lipinski definition) is 4. The number of fused-ring (bicyclic) bond motifs is 1. The lowest BCUT2D eigenvalue weighted by molar-refractivity contribution is -0.128. The lowest BCUT2D eigenvalue weighted by Crippen LogP contribution is -2.34. The highest BCUT2D eigenvalue weighted by Crippen LogP contribution is 2.17. The molecule has 7 heteroatoms. The molecule has 0 aliphatic carbocycles. The van der Waals surface area contributed by atoms with Crippen LogP contribution in [0.25, 0.3) is 0 Å². The van der Waals surface area contributed by atoms with Gasteiger partial charge in [-0.05, 0) is 13.3 Å². The lowest BCUT2D eigenvalue weighted by atomic mass is 10.1. The van der Waals surface area contributed by atoms with E-state index in [0.717, 1.165) is 31.0 Å². The van der Waals surface area contributed by atoms with Crippen molar-refractivity contribution >= 4 is 11.8 Å². The summed E-state index contributed by atoms with van der Waals surface area (Å²) in [5.74, 6) is 1.84. The van der Waals surface area contributed by atoms with Gasteiger partial charge in [0, 0.05) is 45.4 Å². The minimum atomic E-state index is -0.207. The molecule has 2 aliphatic rings. The van der Waals surface area contributed by atoms with E-state index < -0.39 is 0 Å². The third-order valence-electron chi connectivity index (χ3n) is 4.30. The molecule has 3 heterocycles. The molecule has 0 bridgehead atoms. The second kappa shape index (κ2) is 5.83. The Labute approximate surface area is 123 Å². The van der Waals surface area contributed by atoms with E-state index >= 15 is 0 Å². The normalized spacial score (nSPS) is 20.9. The molecule has 21 heavy (non-hydrogen) atoms. The smallest absolute Gasteiger partial charge is 0.225 e. The fourth-order valence-electron chi connectivity index (χ4n) is 3.09. The number of carbonyl (C=O) groups excluding carboxylic acids is 2. The van der Waals surface area contributed by atoms with Crippen molar-refractivity contribution in [1.82, 2.24) is 25.0 Å². The Hall–Kier alpha value is -1.92. The van der Waals surface area contributed by atoms with Gasteiger partial charge >= 0.3 is 0 Å². The van der Waals surface area contributed by atoms with Crippen molar-refractivity contribution in [2.24, 2.45) is 5.92 Å². The Morgan fingerprint density at radius 1 is 1.43 bits per heavy atom. The number of hydrogen-bond donors (Lipinski definition) is 1.